The normalized spacial score (nSPS) is 14.4. The van der Waals surface area contributed by atoms with E-state index in [1.165, 1.54) is 11.0 Å². The molecule has 32 heavy (non-hydrogen) atoms. The van der Waals surface area contributed by atoms with Gasteiger partial charge in [-0.1, -0.05) is 38.9 Å². The first kappa shape index (κ1) is 25.3. The Morgan fingerprint density at radius 2 is 2.00 bits per heavy atom. The molecule has 11 heteroatoms. The van der Waals surface area contributed by atoms with Gasteiger partial charge < -0.3 is 4.74 Å². The van der Waals surface area contributed by atoms with Crippen LogP contribution >= 0.6 is 51.3 Å². The van der Waals surface area contributed by atoms with Gasteiger partial charge in [0, 0.05) is 36.7 Å². The monoisotopic (exact) mass is 565 g/mol. The van der Waals surface area contributed by atoms with Crippen molar-refractivity contribution in [2.45, 2.75) is 6.42 Å². The second kappa shape index (κ2) is 11.2. The minimum Gasteiger partial charge on any atom is -0.379 e. The van der Waals surface area contributed by atoms with Gasteiger partial charge in [0.05, 0.1) is 28.5 Å². The van der Waals surface area contributed by atoms with Gasteiger partial charge in [0.15, 0.2) is 10.9 Å². The lowest BCUT2D eigenvalue weighted by molar-refractivity contribution is 0.0376. The number of rotatable bonds is 6. The maximum Gasteiger partial charge on any atom is 0.261 e. The van der Waals surface area contributed by atoms with Gasteiger partial charge in [-0.3, -0.25) is 14.6 Å². The van der Waals surface area contributed by atoms with E-state index in [4.69, 9.17) is 16.3 Å². The first-order valence-corrected chi connectivity index (χ1v) is 11.7. The van der Waals surface area contributed by atoms with Crippen LogP contribution in [-0.4, -0.2) is 55.2 Å². The second-order valence-corrected chi connectivity index (χ2v) is 9.45. The Hall–Kier alpha value is -1.36. The molecule has 0 atom stereocenters. The molecule has 0 radical (unpaired) electrons. The summed E-state index contributed by atoms with van der Waals surface area (Å²) in [6, 6.07) is 7.05. The largest absolute Gasteiger partial charge is 0.379 e. The lowest BCUT2D eigenvalue weighted by atomic mass is 10.2. The van der Waals surface area contributed by atoms with Gasteiger partial charge in [-0.05, 0) is 30.7 Å². The zero-order chi connectivity index (χ0) is 22.0. The van der Waals surface area contributed by atoms with E-state index in [1.54, 1.807) is 18.2 Å². The highest BCUT2D eigenvalue weighted by Crippen LogP contribution is 2.33. The molecule has 1 aliphatic rings. The molecular formula is C21H20BrCl2F2N3O2S. The van der Waals surface area contributed by atoms with Gasteiger partial charge in [0.2, 0.25) is 0 Å². The first-order valence-electron chi connectivity index (χ1n) is 9.75. The predicted octanol–water partition coefficient (Wildman–Crippen LogP) is 5.78. The van der Waals surface area contributed by atoms with E-state index in [2.05, 4.69) is 25.8 Å². The highest BCUT2D eigenvalue weighted by Gasteiger charge is 2.25. The fraction of sp³-hybridized carbons (Fsp3) is 0.333. The summed E-state index contributed by atoms with van der Waals surface area (Å²) in [5, 5.41) is 0.618. The second-order valence-electron chi connectivity index (χ2n) is 7.12. The number of carbonyl (C=O) groups is 1. The van der Waals surface area contributed by atoms with Crippen molar-refractivity contribution >= 4 is 72.5 Å². The quantitative estimate of drug-likeness (QED) is 0.379. The molecule has 4 rings (SSSR count). The van der Waals surface area contributed by atoms with Crippen molar-refractivity contribution in [3.8, 4) is 0 Å². The van der Waals surface area contributed by atoms with E-state index in [9.17, 15) is 13.6 Å². The summed E-state index contributed by atoms with van der Waals surface area (Å²) >= 11 is 10.7. The van der Waals surface area contributed by atoms with Crippen LogP contribution in [-0.2, 0) is 4.74 Å². The molecule has 0 spiro atoms. The summed E-state index contributed by atoms with van der Waals surface area (Å²) in [4.78, 5) is 21.5. The number of carbonyl (C=O) groups excluding carboxylic acids is 1. The van der Waals surface area contributed by atoms with Crippen molar-refractivity contribution in [3.63, 3.8) is 0 Å². The average molecular weight is 567 g/mol. The van der Waals surface area contributed by atoms with Crippen LogP contribution in [0.5, 0.6) is 0 Å². The molecule has 0 N–H and O–H groups in total. The van der Waals surface area contributed by atoms with Crippen LogP contribution in [0.3, 0.4) is 0 Å². The predicted molar refractivity (Wildman–Crippen MR) is 129 cm³/mol. The number of fused-ring (bicyclic) bond motifs is 1. The Morgan fingerprint density at radius 3 is 2.75 bits per heavy atom. The highest BCUT2D eigenvalue weighted by atomic mass is 79.9. The van der Waals surface area contributed by atoms with Crippen LogP contribution in [0.4, 0.5) is 13.9 Å². The van der Waals surface area contributed by atoms with Gasteiger partial charge in [0.1, 0.15) is 11.3 Å². The first-order chi connectivity index (χ1) is 14.9. The van der Waals surface area contributed by atoms with Crippen molar-refractivity contribution in [2.24, 2.45) is 0 Å². The van der Waals surface area contributed by atoms with E-state index in [0.717, 1.165) is 37.0 Å². The minimum absolute atomic E-state index is 0. The minimum atomic E-state index is -0.751. The van der Waals surface area contributed by atoms with Crippen LogP contribution in [0.2, 0.25) is 5.02 Å². The Morgan fingerprint density at radius 1 is 1.25 bits per heavy atom. The molecule has 1 saturated heterocycles. The highest BCUT2D eigenvalue weighted by molar-refractivity contribution is 9.10. The number of ether oxygens (including phenoxy) is 1. The third-order valence-electron chi connectivity index (χ3n) is 5.00. The Bertz CT molecular complexity index is 1110. The van der Waals surface area contributed by atoms with Crippen molar-refractivity contribution in [1.82, 2.24) is 9.88 Å². The molecule has 1 fully saturated rings. The molecule has 0 aliphatic carbocycles. The average Bonchev–Trinajstić information content (AvgIpc) is 3.17. The fourth-order valence-electron chi connectivity index (χ4n) is 3.43. The van der Waals surface area contributed by atoms with Gasteiger partial charge >= 0.3 is 0 Å². The van der Waals surface area contributed by atoms with Gasteiger partial charge in [0.25, 0.3) is 5.91 Å². The number of halogens is 5. The zero-order valence-electron chi connectivity index (χ0n) is 16.8. The van der Waals surface area contributed by atoms with E-state index in [1.807, 2.05) is 0 Å². The van der Waals surface area contributed by atoms with E-state index in [-0.39, 0.29) is 23.8 Å². The topological polar surface area (TPSA) is 45.7 Å². The summed E-state index contributed by atoms with van der Waals surface area (Å²) in [6.45, 7) is 4.22. The van der Waals surface area contributed by atoms with Crippen LogP contribution < -0.4 is 4.90 Å². The number of thiazole rings is 1. The van der Waals surface area contributed by atoms with Gasteiger partial charge in [-0.2, -0.15) is 0 Å². The molecule has 0 saturated carbocycles. The molecular weight excluding hydrogens is 547 g/mol. The summed E-state index contributed by atoms with van der Waals surface area (Å²) in [6.07, 6.45) is 0.685. The third-order valence-corrected chi connectivity index (χ3v) is 6.84. The Labute approximate surface area is 207 Å². The van der Waals surface area contributed by atoms with Crippen molar-refractivity contribution < 1.29 is 18.3 Å². The summed E-state index contributed by atoms with van der Waals surface area (Å²) in [5.41, 5.74) is 0.362. The van der Waals surface area contributed by atoms with Gasteiger partial charge in [-0.15, -0.1) is 12.4 Å². The van der Waals surface area contributed by atoms with Crippen molar-refractivity contribution in [2.75, 3.05) is 44.3 Å². The van der Waals surface area contributed by atoms with Gasteiger partial charge in [-0.25, -0.2) is 13.8 Å². The summed E-state index contributed by atoms with van der Waals surface area (Å²) in [7, 11) is 0. The van der Waals surface area contributed by atoms with Crippen molar-refractivity contribution in [1.29, 1.82) is 0 Å². The van der Waals surface area contributed by atoms with Crippen molar-refractivity contribution in [3.05, 3.63) is 57.0 Å². The molecule has 3 aromatic rings. The maximum absolute atomic E-state index is 14.2. The number of nitrogens with zero attached hydrogens (tertiary/aromatic N) is 3. The smallest absolute Gasteiger partial charge is 0.261 e. The third kappa shape index (κ3) is 5.76. The van der Waals surface area contributed by atoms with Crippen LogP contribution in [0.25, 0.3) is 10.2 Å². The summed E-state index contributed by atoms with van der Waals surface area (Å²) < 4.78 is 34.3. The number of morpholine rings is 1. The molecule has 0 unspecified atom stereocenters. The zero-order valence-corrected chi connectivity index (χ0v) is 20.8. The van der Waals surface area contributed by atoms with Crippen LogP contribution in [0, 0.1) is 11.6 Å². The lowest BCUT2D eigenvalue weighted by Gasteiger charge is -2.27. The number of anilines is 1. The number of hydrogen-bond donors (Lipinski definition) is 0. The molecule has 0 bridgehead atoms. The van der Waals surface area contributed by atoms with E-state index in [0.29, 0.717) is 51.1 Å². The number of aromatic nitrogens is 1. The molecule has 1 amide bonds. The molecule has 172 valence electrons. The Kier molecular flexibility index (Phi) is 8.82. The molecule has 5 nitrogen and oxygen atoms in total. The molecule has 1 aromatic heterocycles. The fourth-order valence-corrected chi connectivity index (χ4v) is 5.02. The van der Waals surface area contributed by atoms with E-state index < -0.39 is 11.6 Å². The summed E-state index contributed by atoms with van der Waals surface area (Å²) in [5.74, 6) is -1.77. The lowest BCUT2D eigenvalue weighted by Crippen LogP contribution is -2.39. The maximum atomic E-state index is 14.2. The number of hydrogen-bond acceptors (Lipinski definition) is 5. The van der Waals surface area contributed by atoms with Crippen LogP contribution in [0.15, 0.2) is 34.8 Å². The SMILES string of the molecule is Cl.O=C(c1cc(Br)ccc1Cl)N(CCCN1CCOCC1)c1nc2c(F)cc(F)cc2s1. The molecule has 2 aromatic carbocycles. The van der Waals surface area contributed by atoms with Crippen LogP contribution in [0.1, 0.15) is 16.8 Å². The van der Waals surface area contributed by atoms with E-state index >= 15 is 0 Å². The molecule has 2 heterocycles. The standard InChI is InChI=1S/C21H19BrClF2N3O2S.ClH/c22-13-2-3-16(23)15(10-13)20(29)28(5-1-4-27-6-8-30-9-7-27)21-26-19-17(25)11-14(24)12-18(19)31-21;/h2-3,10-12H,1,4-9H2;1H. The Balaban J connectivity index is 0.00000289. The number of benzene rings is 2. The molecule has 1 aliphatic heterocycles. The number of amides is 1.